The minimum Gasteiger partial charge on any atom is -0.497 e. The Hall–Kier alpha value is -2.36. The smallest absolute Gasteiger partial charge is 0.121 e. The molecule has 2 rings (SSSR count). The van der Waals surface area contributed by atoms with E-state index in [2.05, 4.69) is 30.5 Å². The summed E-state index contributed by atoms with van der Waals surface area (Å²) in [6, 6.07) is 16.0. The molecule has 0 fully saturated rings. The Morgan fingerprint density at radius 1 is 0.870 bits per heavy atom. The van der Waals surface area contributed by atoms with E-state index in [9.17, 15) is 0 Å². The van der Waals surface area contributed by atoms with Gasteiger partial charge in [0.15, 0.2) is 0 Å². The number of rotatable bonds is 9. The summed E-state index contributed by atoms with van der Waals surface area (Å²) >= 11 is 0. The van der Waals surface area contributed by atoms with Crippen molar-refractivity contribution in [1.29, 1.82) is 0 Å². The molecule has 0 saturated heterocycles. The molecule has 0 unspecified atom stereocenters. The molecule has 0 radical (unpaired) electrons. The third-order valence-corrected chi connectivity index (χ3v) is 3.29. The summed E-state index contributed by atoms with van der Waals surface area (Å²) in [5.41, 5.74) is 2.16. The lowest BCUT2D eigenvalue weighted by Crippen LogP contribution is -2.13. The van der Waals surface area contributed by atoms with Gasteiger partial charge in [-0.15, -0.1) is 0 Å². The van der Waals surface area contributed by atoms with Gasteiger partial charge in [0.05, 0.1) is 13.7 Å². The zero-order chi connectivity index (χ0) is 16.5. The van der Waals surface area contributed by atoms with Crippen LogP contribution in [0.15, 0.2) is 48.5 Å². The lowest BCUT2D eigenvalue weighted by molar-refractivity contribution is 0.271. The molecule has 0 amide bonds. The van der Waals surface area contributed by atoms with Crippen molar-refractivity contribution in [3.05, 3.63) is 48.5 Å². The molecule has 0 heterocycles. The second-order valence-electron chi connectivity index (χ2n) is 5.81. The third kappa shape index (κ3) is 6.10. The van der Waals surface area contributed by atoms with Crippen LogP contribution in [-0.2, 0) is 0 Å². The van der Waals surface area contributed by atoms with Gasteiger partial charge in [0.25, 0.3) is 0 Å². The first-order valence-electron chi connectivity index (χ1n) is 8.02. The van der Waals surface area contributed by atoms with E-state index in [1.54, 1.807) is 7.11 Å². The summed E-state index contributed by atoms with van der Waals surface area (Å²) in [6.07, 6.45) is 0. The summed E-state index contributed by atoms with van der Waals surface area (Å²) in [7, 11) is 1.67. The molecule has 4 heteroatoms. The molecule has 124 valence electrons. The van der Waals surface area contributed by atoms with Crippen LogP contribution >= 0.6 is 0 Å². The fraction of sp³-hybridized carbons (Fsp3) is 0.368. The maximum absolute atomic E-state index is 5.74. The van der Waals surface area contributed by atoms with E-state index in [0.29, 0.717) is 5.92 Å². The van der Waals surface area contributed by atoms with Crippen molar-refractivity contribution < 1.29 is 9.47 Å². The van der Waals surface area contributed by atoms with E-state index >= 15 is 0 Å². The second kappa shape index (κ2) is 8.93. The zero-order valence-corrected chi connectivity index (χ0v) is 14.1. The highest BCUT2D eigenvalue weighted by atomic mass is 16.5. The number of anilines is 2. The van der Waals surface area contributed by atoms with Gasteiger partial charge in [-0.05, 0) is 42.3 Å². The minimum atomic E-state index is 0.528. The van der Waals surface area contributed by atoms with Crippen molar-refractivity contribution in [2.75, 3.05) is 37.4 Å². The number of methoxy groups -OCH3 is 1. The molecule has 0 bridgehead atoms. The lowest BCUT2D eigenvalue weighted by atomic mass is 10.2. The van der Waals surface area contributed by atoms with Crippen molar-refractivity contribution in [1.82, 2.24) is 0 Å². The Morgan fingerprint density at radius 2 is 1.57 bits per heavy atom. The summed E-state index contributed by atoms with van der Waals surface area (Å²) < 4.78 is 10.9. The normalized spacial score (nSPS) is 10.4. The lowest BCUT2D eigenvalue weighted by Gasteiger charge is -2.12. The van der Waals surface area contributed by atoms with Gasteiger partial charge < -0.3 is 20.1 Å². The molecule has 2 N–H and O–H groups in total. The molecule has 2 aromatic carbocycles. The first-order chi connectivity index (χ1) is 11.2. The van der Waals surface area contributed by atoms with Gasteiger partial charge >= 0.3 is 0 Å². The molecule has 0 aliphatic rings. The van der Waals surface area contributed by atoms with Gasteiger partial charge in [-0.3, -0.25) is 0 Å². The summed E-state index contributed by atoms with van der Waals surface area (Å²) in [4.78, 5) is 0. The van der Waals surface area contributed by atoms with Gasteiger partial charge in [0.1, 0.15) is 11.5 Å². The third-order valence-electron chi connectivity index (χ3n) is 3.29. The predicted molar refractivity (Wildman–Crippen MR) is 96.7 cm³/mol. The maximum Gasteiger partial charge on any atom is 0.121 e. The van der Waals surface area contributed by atoms with Crippen LogP contribution in [0.25, 0.3) is 0 Å². The van der Waals surface area contributed by atoms with E-state index in [4.69, 9.17) is 9.47 Å². The fourth-order valence-electron chi connectivity index (χ4n) is 2.08. The first-order valence-corrected chi connectivity index (χ1v) is 8.02. The van der Waals surface area contributed by atoms with Crippen LogP contribution in [0.4, 0.5) is 11.4 Å². The average Bonchev–Trinajstić information content (AvgIpc) is 2.58. The molecule has 0 atom stereocenters. The Balaban J connectivity index is 1.74. The molecule has 0 aliphatic carbocycles. The topological polar surface area (TPSA) is 42.5 Å². The molecule has 0 spiro atoms. The number of nitrogens with one attached hydrogen (secondary N) is 2. The second-order valence-corrected chi connectivity index (χ2v) is 5.81. The number of ether oxygens (including phenoxy) is 2. The molecule has 4 nitrogen and oxygen atoms in total. The Kier molecular flexibility index (Phi) is 6.60. The molecule has 0 aliphatic heterocycles. The van der Waals surface area contributed by atoms with E-state index in [-0.39, 0.29) is 0 Å². The molecular weight excluding hydrogens is 288 g/mol. The standard InChI is InChI=1S/C19H26N2O2/c1-15(2)14-23-19-6-4-5-17(13-19)21-12-11-20-16-7-9-18(22-3)10-8-16/h4-10,13,15,20-21H,11-12,14H2,1-3H3. The van der Waals surface area contributed by atoms with Crippen LogP contribution < -0.4 is 20.1 Å². The molecule has 23 heavy (non-hydrogen) atoms. The fourth-order valence-corrected chi connectivity index (χ4v) is 2.08. The highest BCUT2D eigenvalue weighted by Crippen LogP contribution is 2.18. The van der Waals surface area contributed by atoms with Gasteiger partial charge in [0.2, 0.25) is 0 Å². The highest BCUT2D eigenvalue weighted by Gasteiger charge is 1.99. The summed E-state index contributed by atoms with van der Waals surface area (Å²) in [6.45, 7) is 6.70. The van der Waals surface area contributed by atoms with Crippen LogP contribution in [0.3, 0.4) is 0 Å². The van der Waals surface area contributed by atoms with Gasteiger partial charge in [0, 0.05) is 30.5 Å². The van der Waals surface area contributed by atoms with E-state index in [0.717, 1.165) is 42.6 Å². The number of benzene rings is 2. The Morgan fingerprint density at radius 3 is 2.22 bits per heavy atom. The van der Waals surface area contributed by atoms with Crippen molar-refractivity contribution >= 4 is 11.4 Å². The van der Waals surface area contributed by atoms with Gasteiger partial charge in [-0.25, -0.2) is 0 Å². The van der Waals surface area contributed by atoms with E-state index in [1.165, 1.54) is 0 Å². The quantitative estimate of drug-likeness (QED) is 0.679. The number of hydrogen-bond donors (Lipinski definition) is 2. The van der Waals surface area contributed by atoms with Crippen molar-refractivity contribution in [3.8, 4) is 11.5 Å². The van der Waals surface area contributed by atoms with Crippen LogP contribution in [0.1, 0.15) is 13.8 Å². The van der Waals surface area contributed by atoms with Crippen molar-refractivity contribution in [2.24, 2.45) is 5.92 Å². The monoisotopic (exact) mass is 314 g/mol. The maximum atomic E-state index is 5.74. The Labute approximate surface area is 138 Å². The zero-order valence-electron chi connectivity index (χ0n) is 14.1. The highest BCUT2D eigenvalue weighted by molar-refractivity contribution is 5.49. The molecule has 0 saturated carbocycles. The van der Waals surface area contributed by atoms with E-state index < -0.39 is 0 Å². The largest absolute Gasteiger partial charge is 0.497 e. The predicted octanol–water partition coefficient (Wildman–Crippen LogP) is 4.25. The van der Waals surface area contributed by atoms with Crippen LogP contribution in [0.2, 0.25) is 0 Å². The number of hydrogen-bond acceptors (Lipinski definition) is 4. The van der Waals surface area contributed by atoms with Gasteiger partial charge in [-0.2, -0.15) is 0 Å². The van der Waals surface area contributed by atoms with Crippen LogP contribution in [0.5, 0.6) is 11.5 Å². The van der Waals surface area contributed by atoms with Crippen LogP contribution in [0, 0.1) is 5.92 Å². The van der Waals surface area contributed by atoms with Crippen molar-refractivity contribution in [2.45, 2.75) is 13.8 Å². The van der Waals surface area contributed by atoms with Crippen molar-refractivity contribution in [3.63, 3.8) is 0 Å². The average molecular weight is 314 g/mol. The van der Waals surface area contributed by atoms with E-state index in [1.807, 2.05) is 42.5 Å². The summed E-state index contributed by atoms with van der Waals surface area (Å²) in [5, 5.41) is 6.77. The minimum absolute atomic E-state index is 0.528. The van der Waals surface area contributed by atoms with Crippen LogP contribution in [-0.4, -0.2) is 26.8 Å². The first kappa shape index (κ1) is 17.0. The Bertz CT molecular complexity index is 582. The molecular formula is C19H26N2O2. The van der Waals surface area contributed by atoms with Gasteiger partial charge in [-0.1, -0.05) is 19.9 Å². The molecule has 2 aromatic rings. The molecule has 0 aromatic heterocycles. The summed E-state index contributed by atoms with van der Waals surface area (Å²) in [5.74, 6) is 2.30. The SMILES string of the molecule is COc1ccc(NCCNc2cccc(OCC(C)C)c2)cc1.